The molecule has 2 heterocycles. The molecule has 0 unspecified atom stereocenters. The summed E-state index contributed by atoms with van der Waals surface area (Å²) >= 11 is 0. The summed E-state index contributed by atoms with van der Waals surface area (Å²) < 4.78 is 0. The summed E-state index contributed by atoms with van der Waals surface area (Å²) in [7, 11) is 1.88. The molecule has 0 fully saturated rings. The molecule has 0 radical (unpaired) electrons. The topological polar surface area (TPSA) is 194 Å². The molecule has 13 heteroatoms. The predicted molar refractivity (Wildman–Crippen MR) is 189 cm³/mol. The van der Waals surface area contributed by atoms with E-state index in [1.807, 2.05) is 72.6 Å². The minimum absolute atomic E-state index is 0.0309. The minimum Gasteiger partial charge on any atom is -0.382 e. The number of hydrogen-bond acceptors (Lipinski definition) is 10. The molecule has 7 N–H and O–H groups in total. The van der Waals surface area contributed by atoms with Crippen molar-refractivity contribution in [1.82, 2.24) is 35.9 Å². The van der Waals surface area contributed by atoms with Gasteiger partial charge in [0, 0.05) is 37.8 Å². The summed E-state index contributed by atoms with van der Waals surface area (Å²) in [6.45, 7) is 1.28. The smallest absolute Gasteiger partial charge is 0.251 e. The molecule has 13 nitrogen and oxygen atoms in total. The lowest BCUT2D eigenvalue weighted by Crippen LogP contribution is -2.47. The predicted octanol–water partition coefficient (Wildman–Crippen LogP) is 2.82. The van der Waals surface area contributed by atoms with Crippen LogP contribution in [0, 0.1) is 0 Å². The second-order valence-electron chi connectivity index (χ2n) is 11.6. The Morgan fingerprint density at radius 1 is 0.796 bits per heavy atom. The molecule has 5 rings (SSSR count). The molecular weight excluding hydrogens is 620 g/mol. The summed E-state index contributed by atoms with van der Waals surface area (Å²) in [5.74, 6) is -0.764. The molecular formula is C36H40N10O3. The third kappa shape index (κ3) is 9.94. The summed E-state index contributed by atoms with van der Waals surface area (Å²) in [4.78, 5) is 58.0. The van der Waals surface area contributed by atoms with Gasteiger partial charge in [0.05, 0.1) is 18.4 Å². The van der Waals surface area contributed by atoms with E-state index in [9.17, 15) is 14.4 Å². The molecule has 3 aromatic carbocycles. The highest BCUT2D eigenvalue weighted by Gasteiger charge is 2.22. The van der Waals surface area contributed by atoms with Crippen LogP contribution in [0.5, 0.6) is 0 Å². The zero-order valence-corrected chi connectivity index (χ0v) is 27.3. The summed E-state index contributed by atoms with van der Waals surface area (Å²) in [6.07, 6.45) is 3.17. The van der Waals surface area contributed by atoms with Gasteiger partial charge in [-0.05, 0) is 54.7 Å². The van der Waals surface area contributed by atoms with Gasteiger partial charge in [-0.1, -0.05) is 60.7 Å². The van der Waals surface area contributed by atoms with Crippen LogP contribution in [-0.2, 0) is 29.0 Å². The van der Waals surface area contributed by atoms with Gasteiger partial charge in [0.25, 0.3) is 5.91 Å². The normalized spacial score (nSPS) is 11.4. The molecule has 1 atom stereocenters. The minimum atomic E-state index is -0.899. The third-order valence-electron chi connectivity index (χ3n) is 7.89. The summed E-state index contributed by atoms with van der Waals surface area (Å²) in [6, 6.07) is 25.7. The van der Waals surface area contributed by atoms with Crippen LogP contribution >= 0.6 is 0 Å². The van der Waals surface area contributed by atoms with Crippen LogP contribution < -0.4 is 32.3 Å². The number of nitrogen functional groups attached to an aromatic ring is 2. The van der Waals surface area contributed by atoms with Crippen molar-refractivity contribution in [1.29, 1.82) is 0 Å². The number of nitrogens with one attached hydrogen (secondary N) is 3. The van der Waals surface area contributed by atoms with E-state index in [1.54, 1.807) is 30.5 Å². The van der Waals surface area contributed by atoms with Crippen molar-refractivity contribution >= 4 is 46.3 Å². The number of aromatic nitrogens is 4. The average Bonchev–Trinajstić information content (AvgIpc) is 3.11. The Morgan fingerprint density at radius 3 is 2.08 bits per heavy atom. The number of nitrogens with zero attached hydrogens (tertiary/aromatic N) is 5. The fourth-order valence-electron chi connectivity index (χ4n) is 5.22. The van der Waals surface area contributed by atoms with Crippen molar-refractivity contribution in [2.24, 2.45) is 0 Å². The number of rotatable bonds is 15. The number of carbonyl (C=O) groups excluding carboxylic acids is 3. The highest BCUT2D eigenvalue weighted by molar-refractivity contribution is 5.98. The summed E-state index contributed by atoms with van der Waals surface area (Å²) in [5.41, 5.74) is 16.3. The SMILES string of the molecule is CN(Cc1cnc2nc(N)nc(N)c2n1)c1ccc(C(=O)N[C@@H](CCC(=O)NCCc2ccccc2)C(=O)NCCc2ccccc2)cc1. The quantitative estimate of drug-likeness (QED) is 0.111. The lowest BCUT2D eigenvalue weighted by Gasteiger charge is -2.20. The second kappa shape index (κ2) is 16.6. The monoisotopic (exact) mass is 660 g/mol. The standard InChI is InChI=1S/C36H40N10O3/c1-46(23-27-22-41-33-31(42-27)32(37)44-36(38)45-33)28-14-12-26(13-15-28)34(48)43-29(35(49)40-21-19-25-10-6-3-7-11-25)16-17-30(47)39-20-18-24-8-4-2-5-9-24/h2-15,22,29H,16-21,23H2,1H3,(H,39,47)(H,40,49)(H,43,48)(H4,37,38,41,44,45)/t29-/m0/s1. The maximum absolute atomic E-state index is 13.3. The van der Waals surface area contributed by atoms with Gasteiger partial charge in [-0.15, -0.1) is 0 Å². The molecule has 252 valence electrons. The molecule has 0 aliphatic carbocycles. The lowest BCUT2D eigenvalue weighted by atomic mass is 10.1. The Kier molecular flexibility index (Phi) is 11.6. The Bertz CT molecular complexity index is 1870. The van der Waals surface area contributed by atoms with Crippen molar-refractivity contribution in [3.05, 3.63) is 114 Å². The van der Waals surface area contributed by atoms with E-state index in [0.717, 1.165) is 16.8 Å². The molecule has 2 aromatic heterocycles. The molecule has 0 saturated carbocycles. The molecule has 0 aliphatic rings. The van der Waals surface area contributed by atoms with Crippen LogP contribution in [0.4, 0.5) is 17.5 Å². The first-order chi connectivity index (χ1) is 23.7. The second-order valence-corrected chi connectivity index (χ2v) is 11.6. The zero-order chi connectivity index (χ0) is 34.6. The van der Waals surface area contributed by atoms with Gasteiger partial charge in [0.15, 0.2) is 17.0 Å². The van der Waals surface area contributed by atoms with Crippen LogP contribution in [0.3, 0.4) is 0 Å². The van der Waals surface area contributed by atoms with Crippen LogP contribution in [0.1, 0.15) is 40.0 Å². The van der Waals surface area contributed by atoms with Gasteiger partial charge < -0.3 is 32.3 Å². The van der Waals surface area contributed by atoms with Gasteiger partial charge in [0.2, 0.25) is 17.8 Å². The molecule has 0 aliphatic heterocycles. The number of benzene rings is 3. The van der Waals surface area contributed by atoms with E-state index in [4.69, 9.17) is 11.5 Å². The number of fused-ring (bicyclic) bond motifs is 1. The van der Waals surface area contributed by atoms with Crippen LogP contribution in [-0.4, -0.2) is 63.8 Å². The Morgan fingerprint density at radius 2 is 1.43 bits per heavy atom. The first-order valence-corrected chi connectivity index (χ1v) is 16.0. The molecule has 0 saturated heterocycles. The number of hydrogen-bond donors (Lipinski definition) is 5. The largest absolute Gasteiger partial charge is 0.382 e. The highest BCUT2D eigenvalue weighted by atomic mass is 16.2. The number of amides is 3. The Labute approximate surface area is 284 Å². The molecule has 49 heavy (non-hydrogen) atoms. The molecule has 0 spiro atoms. The van der Waals surface area contributed by atoms with Crippen molar-refractivity contribution in [2.75, 3.05) is 36.5 Å². The van der Waals surface area contributed by atoms with Crippen molar-refractivity contribution in [3.63, 3.8) is 0 Å². The third-order valence-corrected chi connectivity index (χ3v) is 7.89. The Balaban J connectivity index is 1.18. The van der Waals surface area contributed by atoms with E-state index >= 15 is 0 Å². The molecule has 5 aromatic rings. The van der Waals surface area contributed by atoms with Gasteiger partial charge in [0.1, 0.15) is 6.04 Å². The van der Waals surface area contributed by atoms with Gasteiger partial charge in [-0.2, -0.15) is 9.97 Å². The first-order valence-electron chi connectivity index (χ1n) is 16.0. The van der Waals surface area contributed by atoms with Gasteiger partial charge in [-0.25, -0.2) is 9.97 Å². The maximum atomic E-state index is 13.3. The molecule has 3 amide bonds. The summed E-state index contributed by atoms with van der Waals surface area (Å²) in [5, 5.41) is 8.66. The fraction of sp³-hybridized carbons (Fsp3) is 0.250. The number of anilines is 3. The van der Waals surface area contributed by atoms with E-state index in [0.29, 0.717) is 54.9 Å². The van der Waals surface area contributed by atoms with E-state index in [-0.39, 0.29) is 36.4 Å². The zero-order valence-electron chi connectivity index (χ0n) is 27.3. The van der Waals surface area contributed by atoms with Crippen LogP contribution in [0.2, 0.25) is 0 Å². The highest BCUT2D eigenvalue weighted by Crippen LogP contribution is 2.19. The van der Waals surface area contributed by atoms with Crippen LogP contribution in [0.25, 0.3) is 11.2 Å². The lowest BCUT2D eigenvalue weighted by molar-refractivity contribution is -0.124. The van der Waals surface area contributed by atoms with Gasteiger partial charge in [-0.3, -0.25) is 14.4 Å². The fourth-order valence-corrected chi connectivity index (χ4v) is 5.22. The van der Waals surface area contributed by atoms with Crippen LogP contribution in [0.15, 0.2) is 91.1 Å². The van der Waals surface area contributed by atoms with Crippen molar-refractivity contribution in [3.8, 4) is 0 Å². The van der Waals surface area contributed by atoms with E-state index in [2.05, 4.69) is 35.9 Å². The number of carbonyl (C=O) groups is 3. The van der Waals surface area contributed by atoms with E-state index in [1.165, 1.54) is 0 Å². The van der Waals surface area contributed by atoms with Crippen molar-refractivity contribution in [2.45, 2.75) is 38.3 Å². The molecule has 0 bridgehead atoms. The number of nitrogens with two attached hydrogens (primary N) is 2. The first kappa shape index (κ1) is 34.2. The average molecular weight is 661 g/mol. The maximum Gasteiger partial charge on any atom is 0.251 e. The van der Waals surface area contributed by atoms with E-state index < -0.39 is 11.9 Å². The Hall–Kier alpha value is -6.11. The van der Waals surface area contributed by atoms with Crippen molar-refractivity contribution < 1.29 is 14.4 Å². The van der Waals surface area contributed by atoms with Gasteiger partial charge >= 0.3 is 0 Å².